The van der Waals surface area contributed by atoms with Crippen molar-refractivity contribution in [3.8, 4) is 12.3 Å². The number of carboxylic acids is 1. The Hall–Kier alpha value is -1.70. The van der Waals surface area contributed by atoms with E-state index in [0.29, 0.717) is 19.4 Å². The quantitative estimate of drug-likeness (QED) is 0.447. The second kappa shape index (κ2) is 8.60. The molecule has 0 fully saturated rings. The first kappa shape index (κ1) is 14.3. The average Bonchev–Trinajstić information content (AvgIpc) is 2.25. The van der Waals surface area contributed by atoms with E-state index in [-0.39, 0.29) is 0 Å². The Bertz CT molecular complexity index is 271. The monoisotopic (exact) mass is 226 g/mol. The molecule has 0 aliphatic rings. The first-order chi connectivity index (χ1) is 7.61. The summed E-state index contributed by atoms with van der Waals surface area (Å²) in [6, 6.07) is -1.28. The van der Waals surface area contributed by atoms with Gasteiger partial charge >= 0.3 is 12.0 Å². The molecule has 5 nitrogen and oxygen atoms in total. The van der Waals surface area contributed by atoms with Crippen molar-refractivity contribution < 1.29 is 14.7 Å². The van der Waals surface area contributed by atoms with Crippen LogP contribution in [-0.4, -0.2) is 29.7 Å². The van der Waals surface area contributed by atoms with Crippen LogP contribution in [0, 0.1) is 12.3 Å². The summed E-state index contributed by atoms with van der Waals surface area (Å²) in [6.07, 6.45) is 7.77. The van der Waals surface area contributed by atoms with E-state index in [2.05, 4.69) is 16.6 Å². The number of amides is 2. The summed E-state index contributed by atoms with van der Waals surface area (Å²) in [7, 11) is 0. The fourth-order valence-corrected chi connectivity index (χ4v) is 1.10. The Morgan fingerprint density at radius 1 is 1.44 bits per heavy atom. The van der Waals surface area contributed by atoms with Crippen molar-refractivity contribution in [3.63, 3.8) is 0 Å². The average molecular weight is 226 g/mol. The Balaban J connectivity index is 3.65. The SMILES string of the molecule is C#CCCCCNC(=O)NC(CC)C(=O)O. The van der Waals surface area contributed by atoms with Gasteiger partial charge in [0.25, 0.3) is 0 Å². The molecule has 1 atom stereocenters. The number of terminal acetylenes is 1. The molecule has 0 bridgehead atoms. The molecule has 0 saturated heterocycles. The van der Waals surface area contributed by atoms with Crippen LogP contribution in [0.5, 0.6) is 0 Å². The molecule has 90 valence electrons. The maximum atomic E-state index is 11.2. The number of carboxylic acid groups (broad SMARTS) is 1. The van der Waals surface area contributed by atoms with Gasteiger partial charge in [0.1, 0.15) is 6.04 Å². The third-order valence-corrected chi connectivity index (χ3v) is 2.05. The predicted octanol–water partition coefficient (Wildman–Crippen LogP) is 0.952. The standard InChI is InChI=1S/C11H18N2O3/c1-3-5-6-7-8-12-11(16)13-9(4-2)10(14)15/h1,9H,4-8H2,2H3,(H,14,15)(H2,12,13,16). The summed E-state index contributed by atoms with van der Waals surface area (Å²) in [4.78, 5) is 21.8. The van der Waals surface area contributed by atoms with Crippen molar-refractivity contribution in [3.05, 3.63) is 0 Å². The molecule has 0 aromatic carbocycles. The van der Waals surface area contributed by atoms with Crippen LogP contribution in [0.1, 0.15) is 32.6 Å². The number of hydrogen-bond acceptors (Lipinski definition) is 2. The van der Waals surface area contributed by atoms with Gasteiger partial charge in [0.05, 0.1) is 0 Å². The second-order valence-electron chi connectivity index (χ2n) is 3.36. The molecule has 5 heteroatoms. The summed E-state index contributed by atoms with van der Waals surface area (Å²) in [5.74, 6) is 1.48. The fourth-order valence-electron chi connectivity index (χ4n) is 1.10. The van der Waals surface area contributed by atoms with Crippen LogP contribution >= 0.6 is 0 Å². The largest absolute Gasteiger partial charge is 0.480 e. The molecule has 0 aromatic rings. The summed E-state index contributed by atoms with van der Waals surface area (Å²) in [6.45, 7) is 2.20. The van der Waals surface area contributed by atoms with Crippen LogP contribution in [0.3, 0.4) is 0 Å². The lowest BCUT2D eigenvalue weighted by Gasteiger charge is -2.12. The number of rotatable bonds is 7. The van der Waals surface area contributed by atoms with E-state index in [0.717, 1.165) is 12.8 Å². The number of carbonyl (C=O) groups excluding carboxylic acids is 1. The molecule has 0 saturated carbocycles. The van der Waals surface area contributed by atoms with E-state index in [1.165, 1.54) is 0 Å². The van der Waals surface area contributed by atoms with Gasteiger partial charge in [-0.2, -0.15) is 0 Å². The van der Waals surface area contributed by atoms with Gasteiger partial charge in [0.15, 0.2) is 0 Å². The highest BCUT2D eigenvalue weighted by Gasteiger charge is 2.16. The van der Waals surface area contributed by atoms with E-state index in [1.807, 2.05) is 0 Å². The lowest BCUT2D eigenvalue weighted by Crippen LogP contribution is -2.45. The van der Waals surface area contributed by atoms with Crippen molar-refractivity contribution in [2.45, 2.75) is 38.6 Å². The number of hydrogen-bond donors (Lipinski definition) is 3. The first-order valence-electron chi connectivity index (χ1n) is 5.32. The molecule has 0 aliphatic heterocycles. The number of aliphatic carboxylic acids is 1. The van der Waals surface area contributed by atoms with Gasteiger partial charge in [0, 0.05) is 13.0 Å². The van der Waals surface area contributed by atoms with E-state index in [4.69, 9.17) is 11.5 Å². The summed E-state index contributed by atoms with van der Waals surface area (Å²) >= 11 is 0. The number of carbonyl (C=O) groups is 2. The molecular formula is C11H18N2O3. The van der Waals surface area contributed by atoms with Crippen molar-refractivity contribution in [1.82, 2.24) is 10.6 Å². The molecule has 0 radical (unpaired) electrons. The zero-order valence-electron chi connectivity index (χ0n) is 9.45. The Kier molecular flexibility index (Phi) is 7.68. The number of unbranched alkanes of at least 4 members (excludes halogenated alkanes) is 2. The van der Waals surface area contributed by atoms with E-state index < -0.39 is 18.0 Å². The van der Waals surface area contributed by atoms with Crippen LogP contribution in [0.15, 0.2) is 0 Å². The lowest BCUT2D eigenvalue weighted by atomic mass is 10.2. The normalized spacial score (nSPS) is 11.2. The smallest absolute Gasteiger partial charge is 0.326 e. The van der Waals surface area contributed by atoms with Crippen molar-refractivity contribution in [2.24, 2.45) is 0 Å². The highest BCUT2D eigenvalue weighted by molar-refractivity contribution is 5.82. The zero-order chi connectivity index (χ0) is 12.4. The number of urea groups is 1. The van der Waals surface area contributed by atoms with Gasteiger partial charge in [-0.3, -0.25) is 0 Å². The van der Waals surface area contributed by atoms with Crippen LogP contribution < -0.4 is 10.6 Å². The molecule has 1 unspecified atom stereocenters. The maximum absolute atomic E-state index is 11.2. The fraction of sp³-hybridized carbons (Fsp3) is 0.636. The second-order valence-corrected chi connectivity index (χ2v) is 3.36. The van der Waals surface area contributed by atoms with Crippen molar-refractivity contribution in [2.75, 3.05) is 6.54 Å². The molecule has 0 spiro atoms. The highest BCUT2D eigenvalue weighted by Crippen LogP contribution is 1.92. The van der Waals surface area contributed by atoms with E-state index >= 15 is 0 Å². The van der Waals surface area contributed by atoms with Crippen molar-refractivity contribution >= 4 is 12.0 Å². The predicted molar refractivity (Wildman–Crippen MR) is 60.9 cm³/mol. The van der Waals surface area contributed by atoms with Gasteiger partial charge in [-0.05, 0) is 19.3 Å². The Morgan fingerprint density at radius 2 is 2.12 bits per heavy atom. The molecule has 0 aromatic heterocycles. The molecule has 16 heavy (non-hydrogen) atoms. The minimum atomic E-state index is -1.02. The van der Waals surface area contributed by atoms with Gasteiger partial charge in [-0.25, -0.2) is 9.59 Å². The summed E-state index contributed by atoms with van der Waals surface area (Å²) in [5.41, 5.74) is 0. The van der Waals surface area contributed by atoms with Crippen molar-refractivity contribution in [1.29, 1.82) is 0 Å². The summed E-state index contributed by atoms with van der Waals surface area (Å²) in [5, 5.41) is 13.6. The molecular weight excluding hydrogens is 208 g/mol. The number of nitrogens with one attached hydrogen (secondary N) is 2. The zero-order valence-corrected chi connectivity index (χ0v) is 9.45. The molecule has 3 N–H and O–H groups in total. The molecule has 2 amide bonds. The van der Waals surface area contributed by atoms with Crippen LogP contribution in [0.4, 0.5) is 4.79 Å². The Morgan fingerprint density at radius 3 is 2.62 bits per heavy atom. The Labute approximate surface area is 95.6 Å². The minimum Gasteiger partial charge on any atom is -0.480 e. The van der Waals surface area contributed by atoms with Crippen LogP contribution in [0.25, 0.3) is 0 Å². The van der Waals surface area contributed by atoms with Gasteiger partial charge in [0.2, 0.25) is 0 Å². The molecule has 0 rings (SSSR count). The maximum Gasteiger partial charge on any atom is 0.326 e. The van der Waals surface area contributed by atoms with Crippen LogP contribution in [0.2, 0.25) is 0 Å². The summed E-state index contributed by atoms with van der Waals surface area (Å²) < 4.78 is 0. The topological polar surface area (TPSA) is 78.4 Å². The molecule has 0 aliphatic carbocycles. The third-order valence-electron chi connectivity index (χ3n) is 2.05. The third kappa shape index (κ3) is 6.71. The minimum absolute atomic E-state index is 0.361. The molecule has 0 heterocycles. The lowest BCUT2D eigenvalue weighted by molar-refractivity contribution is -0.139. The highest BCUT2D eigenvalue weighted by atomic mass is 16.4. The first-order valence-corrected chi connectivity index (χ1v) is 5.32. The van der Waals surface area contributed by atoms with Crippen LogP contribution in [-0.2, 0) is 4.79 Å². The van der Waals surface area contributed by atoms with Gasteiger partial charge < -0.3 is 15.7 Å². The van der Waals surface area contributed by atoms with E-state index in [9.17, 15) is 9.59 Å². The van der Waals surface area contributed by atoms with E-state index in [1.54, 1.807) is 6.92 Å². The van der Waals surface area contributed by atoms with Gasteiger partial charge in [-0.1, -0.05) is 6.92 Å². The van der Waals surface area contributed by atoms with Gasteiger partial charge in [-0.15, -0.1) is 12.3 Å².